The maximum Gasteiger partial charge on any atom is 0.331 e. The number of rotatable bonds is 2. The van der Waals surface area contributed by atoms with Crippen LogP contribution in [0.1, 0.15) is 0 Å². The minimum absolute atomic E-state index is 0.293. The third-order valence-corrected chi connectivity index (χ3v) is 2.16. The average molecular weight is 184 g/mol. The molecule has 0 aromatic heterocycles. The topological polar surface area (TPSA) is 32.8 Å². The number of methoxy groups -OCH3 is 1. The lowest BCUT2D eigenvalue weighted by Gasteiger charge is -2.31. The quantitative estimate of drug-likeness (QED) is 0.444. The first-order valence-electron chi connectivity index (χ1n) is 4.41. The van der Waals surface area contributed by atoms with Crippen molar-refractivity contribution < 1.29 is 9.53 Å². The van der Waals surface area contributed by atoms with Crippen molar-refractivity contribution in [2.45, 2.75) is 0 Å². The first-order valence-corrected chi connectivity index (χ1v) is 4.41. The van der Waals surface area contributed by atoms with Crippen molar-refractivity contribution in [3.05, 3.63) is 12.3 Å². The molecule has 1 saturated heterocycles. The molecule has 1 aliphatic rings. The maximum absolute atomic E-state index is 10.8. The van der Waals surface area contributed by atoms with E-state index in [0.717, 1.165) is 26.2 Å². The van der Waals surface area contributed by atoms with Crippen LogP contribution in [0, 0.1) is 0 Å². The molecule has 1 fully saturated rings. The van der Waals surface area contributed by atoms with Gasteiger partial charge in [-0.05, 0) is 7.05 Å². The van der Waals surface area contributed by atoms with Gasteiger partial charge in [0.05, 0.1) is 7.11 Å². The zero-order chi connectivity index (χ0) is 9.68. The molecule has 0 aromatic carbocycles. The molecule has 13 heavy (non-hydrogen) atoms. The molecular weight excluding hydrogens is 168 g/mol. The van der Waals surface area contributed by atoms with E-state index in [9.17, 15) is 4.79 Å². The van der Waals surface area contributed by atoms with Crippen LogP contribution in [-0.4, -0.2) is 56.1 Å². The summed E-state index contributed by atoms with van der Waals surface area (Å²) in [5.74, 6) is -0.293. The average Bonchev–Trinajstić information content (AvgIpc) is 2.16. The van der Waals surface area contributed by atoms with Gasteiger partial charge in [0.2, 0.25) is 0 Å². The fraction of sp³-hybridized carbons (Fsp3) is 0.667. The number of nitrogens with zero attached hydrogens (tertiary/aromatic N) is 2. The molecule has 0 bridgehead atoms. The molecule has 1 heterocycles. The van der Waals surface area contributed by atoms with E-state index in [4.69, 9.17) is 0 Å². The van der Waals surface area contributed by atoms with Gasteiger partial charge in [-0.25, -0.2) is 4.79 Å². The van der Waals surface area contributed by atoms with Gasteiger partial charge in [0.15, 0.2) is 0 Å². The Balaban J connectivity index is 2.29. The summed E-state index contributed by atoms with van der Waals surface area (Å²) >= 11 is 0. The molecule has 0 spiro atoms. The summed E-state index contributed by atoms with van der Waals surface area (Å²) in [5.41, 5.74) is 0. The third-order valence-electron chi connectivity index (χ3n) is 2.16. The fourth-order valence-corrected chi connectivity index (χ4v) is 1.21. The molecule has 1 rings (SSSR count). The number of esters is 1. The molecule has 0 N–H and O–H groups in total. The molecule has 74 valence electrons. The van der Waals surface area contributed by atoms with E-state index < -0.39 is 0 Å². The van der Waals surface area contributed by atoms with Gasteiger partial charge < -0.3 is 14.5 Å². The number of carbonyl (C=O) groups excluding carboxylic acids is 1. The number of piperazine rings is 1. The highest BCUT2D eigenvalue weighted by molar-refractivity contribution is 5.81. The van der Waals surface area contributed by atoms with E-state index in [2.05, 4.69) is 21.6 Å². The third kappa shape index (κ3) is 3.46. The minimum atomic E-state index is -0.293. The van der Waals surface area contributed by atoms with Gasteiger partial charge in [-0.3, -0.25) is 0 Å². The van der Waals surface area contributed by atoms with Crippen molar-refractivity contribution in [2.75, 3.05) is 40.3 Å². The van der Waals surface area contributed by atoms with Crippen LogP contribution < -0.4 is 0 Å². The number of ether oxygens (including phenoxy) is 1. The molecular formula is C9H16N2O2. The number of likely N-dealkylation sites (N-methyl/N-ethyl adjacent to an activating group) is 1. The predicted molar refractivity (Wildman–Crippen MR) is 50.2 cm³/mol. The van der Waals surface area contributed by atoms with Crippen molar-refractivity contribution in [1.82, 2.24) is 9.80 Å². The number of carbonyl (C=O) groups is 1. The smallest absolute Gasteiger partial charge is 0.331 e. The van der Waals surface area contributed by atoms with Crippen molar-refractivity contribution >= 4 is 5.97 Å². The lowest BCUT2D eigenvalue weighted by molar-refractivity contribution is -0.134. The predicted octanol–water partition coefficient (Wildman–Crippen LogP) is -0.0795. The summed E-state index contributed by atoms with van der Waals surface area (Å²) in [5, 5.41) is 0. The first kappa shape index (κ1) is 10.1. The van der Waals surface area contributed by atoms with Crippen molar-refractivity contribution in [1.29, 1.82) is 0 Å². The fourth-order valence-electron chi connectivity index (χ4n) is 1.21. The maximum atomic E-state index is 10.8. The Morgan fingerprint density at radius 3 is 2.46 bits per heavy atom. The Morgan fingerprint density at radius 1 is 1.31 bits per heavy atom. The molecule has 0 aromatic rings. The summed E-state index contributed by atoms with van der Waals surface area (Å²) in [7, 11) is 3.48. The zero-order valence-corrected chi connectivity index (χ0v) is 8.19. The van der Waals surface area contributed by atoms with Crippen LogP contribution in [0.4, 0.5) is 0 Å². The number of hydrogen-bond donors (Lipinski definition) is 0. The van der Waals surface area contributed by atoms with Gasteiger partial charge in [-0.15, -0.1) is 0 Å². The zero-order valence-electron chi connectivity index (χ0n) is 8.19. The summed E-state index contributed by atoms with van der Waals surface area (Å²) in [6.45, 7) is 4.05. The molecule has 4 nitrogen and oxygen atoms in total. The van der Waals surface area contributed by atoms with Crippen LogP contribution in [0.3, 0.4) is 0 Å². The van der Waals surface area contributed by atoms with Gasteiger partial charge in [0, 0.05) is 38.5 Å². The summed E-state index contributed by atoms with van der Waals surface area (Å²) in [4.78, 5) is 15.2. The molecule has 0 saturated carbocycles. The van der Waals surface area contributed by atoms with Gasteiger partial charge >= 0.3 is 5.97 Å². The second-order valence-corrected chi connectivity index (χ2v) is 3.18. The van der Waals surface area contributed by atoms with Gasteiger partial charge in [0.25, 0.3) is 0 Å². The van der Waals surface area contributed by atoms with Crippen LogP contribution in [0.25, 0.3) is 0 Å². The lowest BCUT2D eigenvalue weighted by Crippen LogP contribution is -2.41. The van der Waals surface area contributed by atoms with E-state index >= 15 is 0 Å². The first-order chi connectivity index (χ1) is 6.22. The lowest BCUT2D eigenvalue weighted by atomic mass is 10.3. The summed E-state index contributed by atoms with van der Waals surface area (Å²) < 4.78 is 4.50. The Morgan fingerprint density at radius 2 is 1.92 bits per heavy atom. The molecule has 0 amide bonds. The SMILES string of the molecule is COC(=O)/C=C\N1CCN(C)CC1. The van der Waals surface area contributed by atoms with E-state index in [1.165, 1.54) is 13.2 Å². The second-order valence-electron chi connectivity index (χ2n) is 3.18. The Labute approximate surface area is 78.8 Å². The summed E-state index contributed by atoms with van der Waals surface area (Å²) in [6.07, 6.45) is 3.27. The van der Waals surface area contributed by atoms with Crippen molar-refractivity contribution in [2.24, 2.45) is 0 Å². The molecule has 0 radical (unpaired) electrons. The second kappa shape index (κ2) is 4.87. The van der Waals surface area contributed by atoms with Crippen LogP contribution in [0.5, 0.6) is 0 Å². The minimum Gasteiger partial charge on any atom is -0.466 e. The highest BCUT2D eigenvalue weighted by atomic mass is 16.5. The Bertz CT molecular complexity index is 196. The monoisotopic (exact) mass is 184 g/mol. The largest absolute Gasteiger partial charge is 0.466 e. The molecule has 0 aliphatic carbocycles. The number of hydrogen-bond acceptors (Lipinski definition) is 4. The van der Waals surface area contributed by atoms with Crippen molar-refractivity contribution in [3.8, 4) is 0 Å². The van der Waals surface area contributed by atoms with Crippen molar-refractivity contribution in [3.63, 3.8) is 0 Å². The Hall–Kier alpha value is -1.03. The standard InChI is InChI=1S/C9H16N2O2/c1-10-5-7-11(8-6-10)4-3-9(12)13-2/h3-4H,5-8H2,1-2H3/b4-3-. The van der Waals surface area contributed by atoms with Crippen LogP contribution in [-0.2, 0) is 9.53 Å². The van der Waals surface area contributed by atoms with Crippen LogP contribution in [0.15, 0.2) is 12.3 Å². The molecule has 0 unspecified atom stereocenters. The highest BCUT2D eigenvalue weighted by Crippen LogP contribution is 1.99. The molecule has 4 heteroatoms. The van der Waals surface area contributed by atoms with E-state index in [1.54, 1.807) is 6.20 Å². The van der Waals surface area contributed by atoms with E-state index in [-0.39, 0.29) is 5.97 Å². The molecule has 1 aliphatic heterocycles. The van der Waals surface area contributed by atoms with Crippen LogP contribution >= 0.6 is 0 Å². The van der Waals surface area contributed by atoms with Gasteiger partial charge in [0.1, 0.15) is 0 Å². The van der Waals surface area contributed by atoms with Gasteiger partial charge in [-0.1, -0.05) is 0 Å². The Kier molecular flexibility index (Phi) is 3.76. The highest BCUT2D eigenvalue weighted by Gasteiger charge is 2.09. The van der Waals surface area contributed by atoms with E-state index in [1.807, 2.05) is 0 Å². The van der Waals surface area contributed by atoms with E-state index in [0.29, 0.717) is 0 Å². The van der Waals surface area contributed by atoms with Gasteiger partial charge in [-0.2, -0.15) is 0 Å². The summed E-state index contributed by atoms with van der Waals surface area (Å²) in [6, 6.07) is 0. The van der Waals surface area contributed by atoms with Crippen LogP contribution in [0.2, 0.25) is 0 Å². The normalized spacial score (nSPS) is 19.4. The molecule has 0 atom stereocenters.